The van der Waals surface area contributed by atoms with Gasteiger partial charge in [0.05, 0.1) is 0 Å². The molecular weight excluding hydrogens is 200 g/mol. The Morgan fingerprint density at radius 3 is 2.06 bits per heavy atom. The number of hydrogen-bond donors (Lipinski definition) is 1. The zero-order chi connectivity index (χ0) is 12.0. The van der Waals surface area contributed by atoms with Crippen molar-refractivity contribution >= 4 is 5.91 Å². The Balaban J connectivity index is 2.30. The van der Waals surface area contributed by atoms with E-state index in [4.69, 9.17) is 5.73 Å². The lowest BCUT2D eigenvalue weighted by Crippen LogP contribution is -2.33. The standard InChI is InChI=1S/C13H26N2O/c1-3-15(4-2)13(16)9-11-5-7-12(10-14)8-6-11/h11-12H,3-10,14H2,1-2H3. The van der Waals surface area contributed by atoms with Crippen LogP contribution in [0.4, 0.5) is 0 Å². The first-order valence-electron chi connectivity index (χ1n) is 6.69. The fraction of sp³-hybridized carbons (Fsp3) is 0.923. The largest absolute Gasteiger partial charge is 0.343 e. The van der Waals surface area contributed by atoms with Crippen LogP contribution in [0.2, 0.25) is 0 Å². The Bertz CT molecular complexity index is 206. The third-order valence-corrected chi connectivity index (χ3v) is 3.88. The van der Waals surface area contributed by atoms with Crippen molar-refractivity contribution in [3.63, 3.8) is 0 Å². The molecule has 0 unspecified atom stereocenters. The lowest BCUT2D eigenvalue weighted by molar-refractivity contribution is -0.132. The first-order valence-corrected chi connectivity index (χ1v) is 6.69. The van der Waals surface area contributed by atoms with Gasteiger partial charge >= 0.3 is 0 Å². The molecule has 0 aromatic heterocycles. The summed E-state index contributed by atoms with van der Waals surface area (Å²) in [5.41, 5.74) is 5.67. The maximum absolute atomic E-state index is 11.9. The molecule has 0 spiro atoms. The summed E-state index contributed by atoms with van der Waals surface area (Å²) in [7, 11) is 0. The van der Waals surface area contributed by atoms with Gasteiger partial charge in [0, 0.05) is 19.5 Å². The highest BCUT2D eigenvalue weighted by atomic mass is 16.2. The van der Waals surface area contributed by atoms with Crippen molar-refractivity contribution < 1.29 is 4.79 Å². The summed E-state index contributed by atoms with van der Waals surface area (Å²) >= 11 is 0. The normalized spacial score (nSPS) is 25.4. The summed E-state index contributed by atoms with van der Waals surface area (Å²) in [6, 6.07) is 0. The van der Waals surface area contributed by atoms with Gasteiger partial charge in [-0.05, 0) is 57.9 Å². The quantitative estimate of drug-likeness (QED) is 0.779. The van der Waals surface area contributed by atoms with Gasteiger partial charge in [-0.1, -0.05) is 0 Å². The monoisotopic (exact) mass is 226 g/mol. The zero-order valence-corrected chi connectivity index (χ0v) is 10.7. The molecule has 0 radical (unpaired) electrons. The predicted octanol–water partition coefficient (Wildman–Crippen LogP) is 2.01. The molecule has 0 saturated heterocycles. The number of nitrogens with two attached hydrogens (primary N) is 1. The second kappa shape index (κ2) is 6.89. The van der Waals surface area contributed by atoms with Gasteiger partial charge in [0.15, 0.2) is 0 Å². The Kier molecular flexibility index (Phi) is 5.81. The van der Waals surface area contributed by atoms with Crippen molar-refractivity contribution in [1.29, 1.82) is 0 Å². The predicted molar refractivity (Wildman–Crippen MR) is 67.0 cm³/mol. The van der Waals surface area contributed by atoms with Crippen LogP contribution in [0.15, 0.2) is 0 Å². The SMILES string of the molecule is CCN(CC)C(=O)CC1CCC(CN)CC1. The first-order chi connectivity index (χ1) is 7.71. The molecule has 2 N–H and O–H groups in total. The third kappa shape index (κ3) is 3.78. The molecule has 1 amide bonds. The van der Waals surface area contributed by atoms with Crippen LogP contribution in [0, 0.1) is 11.8 Å². The molecule has 3 nitrogen and oxygen atoms in total. The number of carbonyl (C=O) groups is 1. The van der Waals surface area contributed by atoms with Crippen LogP contribution in [-0.2, 0) is 4.79 Å². The maximum atomic E-state index is 11.9. The van der Waals surface area contributed by atoms with Crippen LogP contribution in [0.5, 0.6) is 0 Å². The summed E-state index contributed by atoms with van der Waals surface area (Å²) in [5, 5.41) is 0. The molecule has 1 saturated carbocycles. The fourth-order valence-corrected chi connectivity index (χ4v) is 2.62. The van der Waals surface area contributed by atoms with Crippen molar-refractivity contribution in [1.82, 2.24) is 4.90 Å². The summed E-state index contributed by atoms with van der Waals surface area (Å²) in [5.74, 6) is 1.65. The molecule has 1 aliphatic carbocycles. The minimum atomic E-state index is 0.334. The third-order valence-electron chi connectivity index (χ3n) is 3.88. The molecule has 0 heterocycles. The average molecular weight is 226 g/mol. The summed E-state index contributed by atoms with van der Waals surface area (Å²) < 4.78 is 0. The highest BCUT2D eigenvalue weighted by molar-refractivity contribution is 5.76. The first kappa shape index (κ1) is 13.5. The number of carbonyl (C=O) groups excluding carboxylic acids is 1. The molecule has 3 heteroatoms. The summed E-state index contributed by atoms with van der Waals surface area (Å²) in [4.78, 5) is 13.9. The van der Waals surface area contributed by atoms with E-state index in [9.17, 15) is 4.79 Å². The Hall–Kier alpha value is -0.570. The lowest BCUT2D eigenvalue weighted by atomic mass is 9.80. The van der Waals surface area contributed by atoms with Crippen LogP contribution in [-0.4, -0.2) is 30.4 Å². The molecular formula is C13H26N2O. The second-order valence-corrected chi connectivity index (χ2v) is 4.89. The summed E-state index contributed by atoms with van der Waals surface area (Å²) in [6.45, 7) is 6.59. The van der Waals surface area contributed by atoms with Crippen molar-refractivity contribution in [3.8, 4) is 0 Å². The topological polar surface area (TPSA) is 46.3 Å². The van der Waals surface area contributed by atoms with Gasteiger partial charge in [0.25, 0.3) is 0 Å². The fourth-order valence-electron chi connectivity index (χ4n) is 2.62. The molecule has 0 aliphatic heterocycles. The van der Waals surface area contributed by atoms with Crippen LogP contribution in [0.3, 0.4) is 0 Å². The second-order valence-electron chi connectivity index (χ2n) is 4.89. The van der Waals surface area contributed by atoms with E-state index in [0.29, 0.717) is 17.7 Å². The van der Waals surface area contributed by atoms with E-state index in [1.165, 1.54) is 25.7 Å². The lowest BCUT2D eigenvalue weighted by Gasteiger charge is -2.29. The number of rotatable bonds is 5. The van der Waals surface area contributed by atoms with Crippen molar-refractivity contribution in [2.24, 2.45) is 17.6 Å². The van der Waals surface area contributed by atoms with Crippen LogP contribution in [0.25, 0.3) is 0 Å². The molecule has 1 fully saturated rings. The smallest absolute Gasteiger partial charge is 0.222 e. The molecule has 1 aliphatic rings. The van der Waals surface area contributed by atoms with E-state index in [2.05, 4.69) is 0 Å². The molecule has 16 heavy (non-hydrogen) atoms. The number of hydrogen-bond acceptors (Lipinski definition) is 2. The minimum Gasteiger partial charge on any atom is -0.343 e. The Labute approximate surface area is 99.4 Å². The van der Waals surface area contributed by atoms with E-state index < -0.39 is 0 Å². The van der Waals surface area contributed by atoms with Crippen molar-refractivity contribution in [2.75, 3.05) is 19.6 Å². The molecule has 0 aromatic rings. The van der Waals surface area contributed by atoms with E-state index in [1.54, 1.807) is 0 Å². The van der Waals surface area contributed by atoms with E-state index in [0.717, 1.165) is 26.1 Å². The number of amides is 1. The van der Waals surface area contributed by atoms with Gasteiger partial charge in [-0.25, -0.2) is 0 Å². The Morgan fingerprint density at radius 1 is 1.12 bits per heavy atom. The van der Waals surface area contributed by atoms with Gasteiger partial charge in [0.2, 0.25) is 5.91 Å². The van der Waals surface area contributed by atoms with Gasteiger partial charge < -0.3 is 10.6 Å². The minimum absolute atomic E-state index is 0.334. The number of nitrogens with zero attached hydrogens (tertiary/aromatic N) is 1. The van der Waals surface area contributed by atoms with E-state index >= 15 is 0 Å². The average Bonchev–Trinajstić information content (AvgIpc) is 2.31. The van der Waals surface area contributed by atoms with Crippen LogP contribution >= 0.6 is 0 Å². The molecule has 0 aromatic carbocycles. The van der Waals surface area contributed by atoms with Gasteiger partial charge in [0.1, 0.15) is 0 Å². The van der Waals surface area contributed by atoms with Gasteiger partial charge in [-0.2, -0.15) is 0 Å². The van der Waals surface area contributed by atoms with E-state index in [-0.39, 0.29) is 0 Å². The molecule has 0 atom stereocenters. The maximum Gasteiger partial charge on any atom is 0.222 e. The highest BCUT2D eigenvalue weighted by Crippen LogP contribution is 2.30. The van der Waals surface area contributed by atoms with E-state index in [1.807, 2.05) is 18.7 Å². The molecule has 1 rings (SSSR count). The van der Waals surface area contributed by atoms with Crippen molar-refractivity contribution in [3.05, 3.63) is 0 Å². The summed E-state index contributed by atoms with van der Waals surface area (Å²) in [6.07, 6.45) is 5.56. The van der Waals surface area contributed by atoms with Crippen LogP contribution in [0.1, 0.15) is 46.0 Å². The van der Waals surface area contributed by atoms with Crippen LogP contribution < -0.4 is 5.73 Å². The Morgan fingerprint density at radius 2 is 1.62 bits per heavy atom. The highest BCUT2D eigenvalue weighted by Gasteiger charge is 2.23. The molecule has 0 bridgehead atoms. The van der Waals surface area contributed by atoms with Gasteiger partial charge in [-0.3, -0.25) is 4.79 Å². The van der Waals surface area contributed by atoms with Gasteiger partial charge in [-0.15, -0.1) is 0 Å². The molecule has 94 valence electrons. The zero-order valence-electron chi connectivity index (χ0n) is 10.7. The van der Waals surface area contributed by atoms with Crippen molar-refractivity contribution in [2.45, 2.75) is 46.0 Å².